The van der Waals surface area contributed by atoms with E-state index < -0.39 is 0 Å². The summed E-state index contributed by atoms with van der Waals surface area (Å²) in [4.78, 5) is 16.6. The van der Waals surface area contributed by atoms with E-state index in [2.05, 4.69) is 24.1 Å². The van der Waals surface area contributed by atoms with E-state index in [1.54, 1.807) is 24.4 Å². The summed E-state index contributed by atoms with van der Waals surface area (Å²) in [6.45, 7) is 2.40. The Kier molecular flexibility index (Phi) is 4.52. The molecule has 2 aromatic rings. The summed E-state index contributed by atoms with van der Waals surface area (Å²) in [5.74, 6) is 1.37. The molecule has 0 bridgehead atoms. The number of carbonyl (C=O) groups is 1. The molecule has 1 aliphatic rings. The van der Waals surface area contributed by atoms with E-state index in [0.717, 1.165) is 42.9 Å². The van der Waals surface area contributed by atoms with Crippen LogP contribution in [0.4, 0.5) is 0 Å². The van der Waals surface area contributed by atoms with Crippen LogP contribution in [0.3, 0.4) is 0 Å². The van der Waals surface area contributed by atoms with E-state index >= 15 is 0 Å². The lowest BCUT2D eigenvalue weighted by Crippen LogP contribution is -2.31. The minimum Gasteiger partial charge on any atom is -0.467 e. The predicted molar refractivity (Wildman–Crippen MR) is 87.1 cm³/mol. The van der Waals surface area contributed by atoms with Crippen LogP contribution in [0.2, 0.25) is 0 Å². The highest BCUT2D eigenvalue weighted by molar-refractivity contribution is 5.95. The average Bonchev–Trinajstić information content (AvgIpc) is 3.14. The zero-order chi connectivity index (χ0) is 16.4. The predicted octanol–water partition coefficient (Wildman–Crippen LogP) is 1.87. The van der Waals surface area contributed by atoms with Crippen molar-refractivity contribution in [3.05, 3.63) is 41.6 Å². The number of fused-ring (bicyclic) bond motifs is 1. The minimum absolute atomic E-state index is 0.00755. The standard InChI is InChI=1S/C17H24N4O2/c1-19(2)11-13-6-7-21-16(9-13)15(10-18-21)17(22)20(3)12-14-5-4-8-23-14/h4-5,8,10,13H,6-7,9,11-12H2,1-3H3/t13-/m0/s1. The van der Waals surface area contributed by atoms with Gasteiger partial charge in [0.25, 0.3) is 5.91 Å². The molecule has 0 aliphatic carbocycles. The Labute approximate surface area is 136 Å². The molecule has 2 aromatic heterocycles. The van der Waals surface area contributed by atoms with Crippen LogP contribution in [0.1, 0.15) is 28.2 Å². The van der Waals surface area contributed by atoms with Crippen molar-refractivity contribution in [3.8, 4) is 0 Å². The maximum absolute atomic E-state index is 12.8. The van der Waals surface area contributed by atoms with Crippen LogP contribution < -0.4 is 0 Å². The van der Waals surface area contributed by atoms with Gasteiger partial charge >= 0.3 is 0 Å². The van der Waals surface area contributed by atoms with Gasteiger partial charge in [0.2, 0.25) is 0 Å². The minimum atomic E-state index is 0.00755. The Morgan fingerprint density at radius 3 is 2.96 bits per heavy atom. The van der Waals surface area contributed by atoms with Crippen molar-refractivity contribution in [1.29, 1.82) is 0 Å². The third-order valence-corrected chi connectivity index (χ3v) is 4.35. The fraction of sp³-hybridized carbons (Fsp3) is 0.529. The average molecular weight is 316 g/mol. The summed E-state index contributed by atoms with van der Waals surface area (Å²) in [7, 11) is 5.99. The molecule has 3 heterocycles. The van der Waals surface area contributed by atoms with Crippen LogP contribution in [0.25, 0.3) is 0 Å². The van der Waals surface area contributed by atoms with Gasteiger partial charge in [-0.25, -0.2) is 0 Å². The second kappa shape index (κ2) is 6.58. The van der Waals surface area contributed by atoms with Gasteiger partial charge in [-0.2, -0.15) is 5.10 Å². The van der Waals surface area contributed by atoms with Gasteiger partial charge in [0.1, 0.15) is 5.76 Å². The van der Waals surface area contributed by atoms with Gasteiger partial charge in [-0.15, -0.1) is 0 Å². The van der Waals surface area contributed by atoms with Gasteiger partial charge in [-0.3, -0.25) is 9.48 Å². The molecule has 0 aromatic carbocycles. The lowest BCUT2D eigenvalue weighted by molar-refractivity contribution is 0.0773. The van der Waals surface area contributed by atoms with Gasteiger partial charge in [0, 0.05) is 20.1 Å². The Morgan fingerprint density at radius 2 is 2.26 bits per heavy atom. The largest absolute Gasteiger partial charge is 0.467 e. The monoisotopic (exact) mass is 316 g/mol. The molecule has 0 fully saturated rings. The molecule has 0 radical (unpaired) electrons. The van der Waals surface area contributed by atoms with E-state index in [-0.39, 0.29) is 5.91 Å². The zero-order valence-electron chi connectivity index (χ0n) is 14.0. The number of aryl methyl sites for hydroxylation is 1. The maximum atomic E-state index is 12.8. The zero-order valence-corrected chi connectivity index (χ0v) is 14.0. The van der Waals surface area contributed by atoms with Crippen LogP contribution in [0, 0.1) is 5.92 Å². The number of furan rings is 1. The molecule has 23 heavy (non-hydrogen) atoms. The molecule has 1 atom stereocenters. The van der Waals surface area contributed by atoms with Crippen molar-refractivity contribution in [2.24, 2.45) is 5.92 Å². The highest BCUT2D eigenvalue weighted by Crippen LogP contribution is 2.24. The topological polar surface area (TPSA) is 54.5 Å². The molecule has 1 amide bonds. The highest BCUT2D eigenvalue weighted by Gasteiger charge is 2.27. The Morgan fingerprint density at radius 1 is 1.43 bits per heavy atom. The summed E-state index contributed by atoms with van der Waals surface area (Å²) in [5, 5.41) is 4.40. The highest BCUT2D eigenvalue weighted by atomic mass is 16.3. The molecule has 0 spiro atoms. The van der Waals surface area contributed by atoms with Crippen LogP contribution in [0.15, 0.2) is 29.0 Å². The molecular weight excluding hydrogens is 292 g/mol. The van der Waals surface area contributed by atoms with Gasteiger partial charge in [-0.05, 0) is 45.0 Å². The molecule has 3 rings (SSSR count). The second-order valence-corrected chi connectivity index (χ2v) is 6.59. The third-order valence-electron chi connectivity index (χ3n) is 4.35. The van der Waals surface area contributed by atoms with Gasteiger partial charge in [0.15, 0.2) is 0 Å². The first-order valence-corrected chi connectivity index (χ1v) is 8.02. The van der Waals surface area contributed by atoms with Crippen molar-refractivity contribution in [2.75, 3.05) is 27.7 Å². The molecule has 0 N–H and O–H groups in total. The first-order chi connectivity index (χ1) is 11.0. The van der Waals surface area contributed by atoms with Crippen molar-refractivity contribution in [2.45, 2.75) is 25.9 Å². The van der Waals surface area contributed by atoms with Crippen LogP contribution in [-0.4, -0.2) is 53.2 Å². The summed E-state index contributed by atoms with van der Waals surface area (Å²) in [6, 6.07) is 3.71. The SMILES string of the molecule is CN(C)C[C@H]1CCn2ncc(C(=O)N(C)Cc3ccco3)c2C1. The van der Waals surface area contributed by atoms with E-state index in [9.17, 15) is 4.79 Å². The van der Waals surface area contributed by atoms with Crippen molar-refractivity contribution in [1.82, 2.24) is 19.6 Å². The van der Waals surface area contributed by atoms with E-state index in [1.807, 2.05) is 16.8 Å². The Hall–Kier alpha value is -2.08. The molecule has 0 saturated heterocycles. The number of rotatable bonds is 5. The lowest BCUT2D eigenvalue weighted by atomic mass is 9.94. The molecule has 1 aliphatic heterocycles. The fourth-order valence-electron chi connectivity index (χ4n) is 3.26. The lowest BCUT2D eigenvalue weighted by Gasteiger charge is -2.27. The van der Waals surface area contributed by atoms with Crippen LogP contribution >= 0.6 is 0 Å². The number of aromatic nitrogens is 2. The summed E-state index contributed by atoms with van der Waals surface area (Å²) < 4.78 is 7.31. The van der Waals surface area contributed by atoms with Gasteiger partial charge in [0.05, 0.1) is 30.3 Å². The fourth-order valence-corrected chi connectivity index (χ4v) is 3.26. The molecular formula is C17H24N4O2. The molecule has 6 nitrogen and oxygen atoms in total. The first-order valence-electron chi connectivity index (χ1n) is 8.02. The first kappa shape index (κ1) is 15.8. The number of hydrogen-bond acceptors (Lipinski definition) is 4. The summed E-state index contributed by atoms with van der Waals surface area (Å²) in [5.41, 5.74) is 1.79. The molecule has 0 unspecified atom stereocenters. The number of amides is 1. The van der Waals surface area contributed by atoms with Crippen LogP contribution in [0.5, 0.6) is 0 Å². The number of nitrogens with zero attached hydrogens (tertiary/aromatic N) is 4. The van der Waals surface area contributed by atoms with E-state index in [4.69, 9.17) is 4.42 Å². The van der Waals surface area contributed by atoms with Gasteiger partial charge < -0.3 is 14.2 Å². The van der Waals surface area contributed by atoms with Gasteiger partial charge in [-0.1, -0.05) is 0 Å². The van der Waals surface area contributed by atoms with Crippen molar-refractivity contribution < 1.29 is 9.21 Å². The Balaban J connectivity index is 1.74. The number of carbonyl (C=O) groups excluding carboxylic acids is 1. The third kappa shape index (κ3) is 3.47. The molecule has 124 valence electrons. The van der Waals surface area contributed by atoms with Crippen molar-refractivity contribution >= 4 is 5.91 Å². The smallest absolute Gasteiger partial charge is 0.257 e. The summed E-state index contributed by atoms with van der Waals surface area (Å²) >= 11 is 0. The van der Waals surface area contributed by atoms with Crippen LogP contribution in [-0.2, 0) is 19.5 Å². The maximum Gasteiger partial charge on any atom is 0.257 e. The number of hydrogen-bond donors (Lipinski definition) is 0. The normalized spacial score (nSPS) is 17.3. The van der Waals surface area contributed by atoms with E-state index in [1.165, 1.54) is 0 Å². The summed E-state index contributed by atoms with van der Waals surface area (Å²) in [6.07, 6.45) is 5.37. The second-order valence-electron chi connectivity index (χ2n) is 6.59. The van der Waals surface area contributed by atoms with E-state index in [0.29, 0.717) is 12.5 Å². The molecule has 6 heteroatoms. The quantitative estimate of drug-likeness (QED) is 0.845. The molecule has 0 saturated carbocycles. The Bertz CT molecular complexity index is 660. The van der Waals surface area contributed by atoms with Crippen molar-refractivity contribution in [3.63, 3.8) is 0 Å².